The Balaban J connectivity index is 3.71. The van der Waals surface area contributed by atoms with Crippen molar-refractivity contribution in [2.24, 2.45) is 5.73 Å². The highest BCUT2D eigenvalue weighted by atomic mass is 16.5. The summed E-state index contributed by atoms with van der Waals surface area (Å²) in [6.45, 7) is 5.97. The zero-order valence-corrected chi connectivity index (χ0v) is 8.88. The molecule has 0 aromatic rings. The van der Waals surface area contributed by atoms with Crippen LogP contribution in [0.3, 0.4) is 0 Å². The van der Waals surface area contributed by atoms with E-state index in [2.05, 4.69) is 6.92 Å². The maximum atomic E-state index is 11.3. The van der Waals surface area contributed by atoms with Crippen LogP contribution in [0.4, 0.5) is 0 Å². The second-order valence-electron chi connectivity index (χ2n) is 3.43. The van der Waals surface area contributed by atoms with E-state index < -0.39 is 6.04 Å². The molecular weight excluding hydrogens is 166 g/mol. The molecule has 0 radical (unpaired) electrons. The normalized spacial score (nSPS) is 15.1. The minimum atomic E-state index is -0.440. The van der Waals surface area contributed by atoms with Gasteiger partial charge in [-0.05, 0) is 19.8 Å². The predicted octanol–water partition coefficient (Wildman–Crippen LogP) is 1.85. The first kappa shape index (κ1) is 12.4. The van der Waals surface area contributed by atoms with Crippen LogP contribution in [0, 0.1) is 0 Å². The molecule has 0 fully saturated rings. The Morgan fingerprint density at radius 1 is 1.31 bits per heavy atom. The van der Waals surface area contributed by atoms with Crippen molar-refractivity contribution in [1.82, 2.24) is 0 Å². The molecule has 2 N–H and O–H groups in total. The number of nitrogens with two attached hydrogens (primary N) is 1. The number of hydrogen-bond acceptors (Lipinski definition) is 3. The molecule has 0 bridgehead atoms. The van der Waals surface area contributed by atoms with Crippen LogP contribution in [0.25, 0.3) is 0 Å². The van der Waals surface area contributed by atoms with Gasteiger partial charge in [0.1, 0.15) is 6.04 Å². The molecule has 2 unspecified atom stereocenters. The zero-order chi connectivity index (χ0) is 10.3. The van der Waals surface area contributed by atoms with Gasteiger partial charge in [-0.1, -0.05) is 26.7 Å². The summed E-state index contributed by atoms with van der Waals surface area (Å²) in [6, 6.07) is -0.440. The second kappa shape index (κ2) is 6.89. The fraction of sp³-hybridized carbons (Fsp3) is 0.900. The van der Waals surface area contributed by atoms with E-state index in [1.165, 1.54) is 0 Å². The number of rotatable bonds is 6. The molecule has 78 valence electrons. The van der Waals surface area contributed by atoms with E-state index in [0.29, 0.717) is 6.42 Å². The molecule has 0 rings (SSSR count). The van der Waals surface area contributed by atoms with E-state index >= 15 is 0 Å². The quantitative estimate of drug-likeness (QED) is 0.645. The van der Waals surface area contributed by atoms with Gasteiger partial charge >= 0.3 is 5.97 Å². The molecule has 0 saturated heterocycles. The lowest BCUT2D eigenvalue weighted by Crippen LogP contribution is -2.34. The molecule has 0 aromatic heterocycles. The third-order valence-corrected chi connectivity index (χ3v) is 1.91. The summed E-state index contributed by atoms with van der Waals surface area (Å²) in [7, 11) is 0. The number of ether oxygens (including phenoxy) is 1. The highest BCUT2D eigenvalue weighted by molar-refractivity contribution is 5.75. The van der Waals surface area contributed by atoms with Crippen molar-refractivity contribution in [3.8, 4) is 0 Å². The van der Waals surface area contributed by atoms with Crippen molar-refractivity contribution < 1.29 is 9.53 Å². The Bertz CT molecular complexity index is 148. The van der Waals surface area contributed by atoms with Gasteiger partial charge in [0.25, 0.3) is 0 Å². The van der Waals surface area contributed by atoms with Gasteiger partial charge in [-0.15, -0.1) is 0 Å². The van der Waals surface area contributed by atoms with Crippen molar-refractivity contribution in [3.05, 3.63) is 0 Å². The summed E-state index contributed by atoms with van der Waals surface area (Å²) in [5.41, 5.74) is 5.60. The van der Waals surface area contributed by atoms with Crippen LogP contribution >= 0.6 is 0 Å². The number of hydrogen-bond donors (Lipinski definition) is 1. The van der Waals surface area contributed by atoms with E-state index in [0.717, 1.165) is 19.3 Å². The summed E-state index contributed by atoms with van der Waals surface area (Å²) in [5, 5.41) is 0. The summed E-state index contributed by atoms with van der Waals surface area (Å²) in [6.07, 6.45) is 3.55. The van der Waals surface area contributed by atoms with Gasteiger partial charge in [0.05, 0.1) is 6.10 Å². The van der Waals surface area contributed by atoms with E-state index in [-0.39, 0.29) is 12.1 Å². The molecule has 0 heterocycles. The van der Waals surface area contributed by atoms with Gasteiger partial charge in [0.2, 0.25) is 0 Å². The van der Waals surface area contributed by atoms with Gasteiger partial charge in [0, 0.05) is 0 Å². The Labute approximate surface area is 80.6 Å². The lowest BCUT2D eigenvalue weighted by atomic mass is 10.2. The van der Waals surface area contributed by atoms with Crippen molar-refractivity contribution in [1.29, 1.82) is 0 Å². The van der Waals surface area contributed by atoms with Crippen LogP contribution in [0.1, 0.15) is 46.5 Å². The van der Waals surface area contributed by atoms with Crippen LogP contribution < -0.4 is 5.73 Å². The Kier molecular flexibility index (Phi) is 6.59. The third kappa shape index (κ3) is 5.64. The summed E-state index contributed by atoms with van der Waals surface area (Å²) in [5.74, 6) is -0.261. The molecule has 0 amide bonds. The van der Waals surface area contributed by atoms with Crippen LogP contribution in [-0.4, -0.2) is 18.1 Å². The van der Waals surface area contributed by atoms with Crippen molar-refractivity contribution in [2.45, 2.75) is 58.6 Å². The van der Waals surface area contributed by atoms with E-state index in [1.807, 2.05) is 13.8 Å². The van der Waals surface area contributed by atoms with Crippen molar-refractivity contribution in [2.75, 3.05) is 0 Å². The largest absolute Gasteiger partial charge is 0.462 e. The predicted molar refractivity (Wildman–Crippen MR) is 53.3 cm³/mol. The molecule has 0 spiro atoms. The van der Waals surface area contributed by atoms with Gasteiger partial charge in [-0.2, -0.15) is 0 Å². The minimum absolute atomic E-state index is 0.000376. The van der Waals surface area contributed by atoms with Gasteiger partial charge < -0.3 is 10.5 Å². The molecular formula is C10H21NO2. The first-order valence-corrected chi connectivity index (χ1v) is 5.07. The van der Waals surface area contributed by atoms with Gasteiger partial charge in [0.15, 0.2) is 0 Å². The highest BCUT2D eigenvalue weighted by Gasteiger charge is 2.16. The Morgan fingerprint density at radius 3 is 2.31 bits per heavy atom. The molecule has 0 aliphatic heterocycles. The summed E-state index contributed by atoms with van der Waals surface area (Å²) < 4.78 is 5.14. The topological polar surface area (TPSA) is 52.3 Å². The molecule has 0 saturated carbocycles. The maximum absolute atomic E-state index is 11.3. The molecule has 0 aliphatic carbocycles. The first-order valence-electron chi connectivity index (χ1n) is 5.07. The van der Waals surface area contributed by atoms with Crippen LogP contribution in [-0.2, 0) is 9.53 Å². The number of esters is 1. The summed E-state index contributed by atoms with van der Waals surface area (Å²) >= 11 is 0. The first-order chi connectivity index (χ1) is 6.11. The minimum Gasteiger partial charge on any atom is -0.462 e. The third-order valence-electron chi connectivity index (χ3n) is 1.91. The number of carbonyl (C=O) groups is 1. The van der Waals surface area contributed by atoms with Gasteiger partial charge in [-0.25, -0.2) is 0 Å². The monoisotopic (exact) mass is 187 g/mol. The molecule has 13 heavy (non-hydrogen) atoms. The van der Waals surface area contributed by atoms with E-state index in [4.69, 9.17) is 10.5 Å². The highest BCUT2D eigenvalue weighted by Crippen LogP contribution is 2.04. The lowest BCUT2D eigenvalue weighted by Gasteiger charge is -2.15. The standard InChI is InChI=1S/C10H21NO2/c1-4-6-8(3)13-10(12)9(11)7-5-2/h8-9H,4-7,11H2,1-3H3. The summed E-state index contributed by atoms with van der Waals surface area (Å²) in [4.78, 5) is 11.3. The average Bonchev–Trinajstić information content (AvgIpc) is 2.05. The number of carbonyl (C=O) groups excluding carboxylic acids is 1. The Hall–Kier alpha value is -0.570. The van der Waals surface area contributed by atoms with Crippen LogP contribution in [0.2, 0.25) is 0 Å². The molecule has 0 aliphatic rings. The zero-order valence-electron chi connectivity index (χ0n) is 8.88. The smallest absolute Gasteiger partial charge is 0.323 e. The van der Waals surface area contributed by atoms with Crippen LogP contribution in [0.15, 0.2) is 0 Å². The van der Waals surface area contributed by atoms with Gasteiger partial charge in [-0.3, -0.25) is 4.79 Å². The lowest BCUT2D eigenvalue weighted by molar-refractivity contribution is -0.150. The van der Waals surface area contributed by atoms with E-state index in [1.54, 1.807) is 0 Å². The maximum Gasteiger partial charge on any atom is 0.323 e. The Morgan fingerprint density at radius 2 is 1.85 bits per heavy atom. The van der Waals surface area contributed by atoms with Crippen molar-refractivity contribution >= 4 is 5.97 Å². The average molecular weight is 187 g/mol. The molecule has 2 atom stereocenters. The SMILES string of the molecule is CCCC(C)OC(=O)C(N)CCC. The molecule has 0 aromatic carbocycles. The second-order valence-corrected chi connectivity index (χ2v) is 3.43. The van der Waals surface area contributed by atoms with Crippen LogP contribution in [0.5, 0.6) is 0 Å². The molecule has 3 heteroatoms. The molecule has 3 nitrogen and oxygen atoms in total. The van der Waals surface area contributed by atoms with E-state index in [9.17, 15) is 4.79 Å². The fourth-order valence-corrected chi connectivity index (χ4v) is 1.18. The van der Waals surface area contributed by atoms with Crippen molar-refractivity contribution in [3.63, 3.8) is 0 Å². The fourth-order valence-electron chi connectivity index (χ4n) is 1.18.